The van der Waals surface area contributed by atoms with Crippen LogP contribution in [0.15, 0.2) is 12.2 Å². The molecule has 0 bridgehead atoms. The van der Waals surface area contributed by atoms with Gasteiger partial charge in [0, 0.05) is 0 Å². The average Bonchev–Trinajstić information content (AvgIpc) is 3.17. The summed E-state index contributed by atoms with van der Waals surface area (Å²) >= 11 is 0. The lowest BCUT2D eigenvalue weighted by Gasteiger charge is -2.27. The number of unbranched alkanes of at least 4 members (excludes halogenated alkanes) is 10. The average molecular weight is 385 g/mol. The van der Waals surface area contributed by atoms with E-state index in [2.05, 4.69) is 49.2 Å². The Balaban J connectivity index is 0.00000625. The van der Waals surface area contributed by atoms with Gasteiger partial charge in [0.2, 0.25) is 6.34 Å². The van der Waals surface area contributed by atoms with E-state index in [0.717, 1.165) is 6.54 Å². The largest absolute Gasteiger partial charge is 1.00 e. The van der Waals surface area contributed by atoms with E-state index in [1.807, 2.05) is 0 Å². The molecule has 1 rings (SSSR count). The quantitative estimate of drug-likeness (QED) is 0.244. The van der Waals surface area contributed by atoms with Gasteiger partial charge in [-0.25, -0.2) is 0 Å². The van der Waals surface area contributed by atoms with E-state index in [1.54, 1.807) is 0 Å². The van der Waals surface area contributed by atoms with Crippen molar-refractivity contribution >= 4 is 6.34 Å². The number of rotatable bonds is 16. The minimum absolute atomic E-state index is 0. The Bertz CT molecular complexity index is 378. The Morgan fingerprint density at radius 1 is 0.885 bits per heavy atom. The zero-order valence-electron chi connectivity index (χ0n) is 17.9. The first-order chi connectivity index (χ1) is 12.2. The molecule has 0 aliphatic carbocycles. The summed E-state index contributed by atoms with van der Waals surface area (Å²) < 4.78 is 2.53. The van der Waals surface area contributed by atoms with Crippen LogP contribution in [-0.4, -0.2) is 29.5 Å². The van der Waals surface area contributed by atoms with Gasteiger partial charge in [-0.3, -0.25) is 9.89 Å². The van der Waals surface area contributed by atoms with Gasteiger partial charge in [-0.15, -0.1) is 0 Å². The molecule has 1 unspecified atom stereocenters. The minimum atomic E-state index is 0. The molecule has 1 heterocycles. The van der Waals surface area contributed by atoms with Crippen molar-refractivity contribution in [1.82, 2.24) is 5.32 Å². The Hall–Kier alpha value is -0.500. The molecule has 1 N–H and O–H groups in total. The summed E-state index contributed by atoms with van der Waals surface area (Å²) in [4.78, 5) is 0. The Kier molecular flexibility index (Phi) is 16.3. The van der Waals surface area contributed by atoms with Crippen molar-refractivity contribution in [2.75, 3.05) is 13.1 Å². The normalized spacial score (nSPS) is 16.2. The maximum atomic E-state index is 3.36. The van der Waals surface area contributed by atoms with Crippen LogP contribution < -0.4 is 17.7 Å². The second-order valence-electron chi connectivity index (χ2n) is 8.11. The zero-order chi connectivity index (χ0) is 18.2. The van der Waals surface area contributed by atoms with Gasteiger partial charge in [0.15, 0.2) is 0 Å². The van der Waals surface area contributed by atoms with Crippen molar-refractivity contribution in [3.05, 3.63) is 12.2 Å². The maximum Gasteiger partial charge on any atom is 0.232 e. The van der Waals surface area contributed by atoms with Crippen LogP contribution in [0.2, 0.25) is 0 Å². The minimum Gasteiger partial charge on any atom is -1.00 e. The fraction of sp³-hybridized carbons (Fsp3) is 0.870. The van der Waals surface area contributed by atoms with Crippen LogP contribution in [0.25, 0.3) is 0 Å². The van der Waals surface area contributed by atoms with E-state index < -0.39 is 0 Å². The van der Waals surface area contributed by atoms with Crippen LogP contribution in [0.5, 0.6) is 0 Å². The van der Waals surface area contributed by atoms with Gasteiger partial charge < -0.3 is 12.4 Å². The van der Waals surface area contributed by atoms with Gasteiger partial charge in [0.1, 0.15) is 18.6 Å². The maximum absolute atomic E-state index is 3.36. The van der Waals surface area contributed by atoms with Crippen molar-refractivity contribution in [1.29, 1.82) is 0 Å². The van der Waals surface area contributed by atoms with Crippen molar-refractivity contribution in [3.8, 4) is 0 Å². The molecule has 0 spiro atoms. The predicted molar refractivity (Wildman–Crippen MR) is 113 cm³/mol. The highest BCUT2D eigenvalue weighted by molar-refractivity contribution is 5.49. The molecule has 0 saturated carbocycles. The van der Waals surface area contributed by atoms with Gasteiger partial charge in [0.25, 0.3) is 0 Å². The number of hydrogen-bond donors (Lipinski definition) is 1. The first kappa shape index (κ1) is 25.5. The van der Waals surface area contributed by atoms with E-state index in [-0.39, 0.29) is 12.4 Å². The number of hydrogen-bond acceptors (Lipinski definition) is 1. The number of nitrogens with one attached hydrogen (secondary N) is 1. The SMILES string of the molecule is CCCCCCCC/C=C\CCCCCCC(C)(CC)[N+]1=CNCC1.[Cl-]. The number of allylic oxidation sites excluding steroid dienone is 2. The van der Waals surface area contributed by atoms with Gasteiger partial charge in [0.05, 0.1) is 0 Å². The number of nitrogens with zero attached hydrogens (tertiary/aromatic N) is 1. The third kappa shape index (κ3) is 11.3. The summed E-state index contributed by atoms with van der Waals surface area (Å²) in [5.41, 5.74) is 0.362. The van der Waals surface area contributed by atoms with Gasteiger partial charge in [-0.1, -0.05) is 70.9 Å². The highest BCUT2D eigenvalue weighted by atomic mass is 35.5. The van der Waals surface area contributed by atoms with E-state index >= 15 is 0 Å². The van der Waals surface area contributed by atoms with E-state index in [4.69, 9.17) is 0 Å². The molecule has 26 heavy (non-hydrogen) atoms. The molecule has 2 nitrogen and oxygen atoms in total. The first-order valence-corrected chi connectivity index (χ1v) is 11.2. The van der Waals surface area contributed by atoms with Gasteiger partial charge >= 0.3 is 0 Å². The van der Waals surface area contributed by atoms with E-state index in [0.29, 0.717) is 5.54 Å². The third-order valence-electron chi connectivity index (χ3n) is 5.93. The molecule has 154 valence electrons. The van der Waals surface area contributed by atoms with Crippen molar-refractivity contribution in [2.45, 2.75) is 116 Å². The third-order valence-corrected chi connectivity index (χ3v) is 5.93. The molecule has 0 aromatic carbocycles. The van der Waals surface area contributed by atoms with Crippen LogP contribution in [0, 0.1) is 0 Å². The molecule has 0 radical (unpaired) electrons. The lowest BCUT2D eigenvalue weighted by Crippen LogP contribution is -3.00. The highest BCUT2D eigenvalue weighted by Gasteiger charge is 2.31. The van der Waals surface area contributed by atoms with Gasteiger partial charge in [-0.2, -0.15) is 0 Å². The van der Waals surface area contributed by atoms with Crippen LogP contribution in [-0.2, 0) is 0 Å². The van der Waals surface area contributed by atoms with Crippen LogP contribution >= 0.6 is 0 Å². The van der Waals surface area contributed by atoms with Crippen molar-refractivity contribution in [3.63, 3.8) is 0 Å². The van der Waals surface area contributed by atoms with Gasteiger partial charge in [-0.05, 0) is 51.9 Å². The van der Waals surface area contributed by atoms with Crippen LogP contribution in [0.4, 0.5) is 0 Å². The molecule has 0 fully saturated rings. The Morgan fingerprint density at radius 2 is 1.46 bits per heavy atom. The summed E-state index contributed by atoms with van der Waals surface area (Å²) in [7, 11) is 0. The highest BCUT2D eigenvalue weighted by Crippen LogP contribution is 2.23. The zero-order valence-corrected chi connectivity index (χ0v) is 18.6. The fourth-order valence-electron chi connectivity index (χ4n) is 3.77. The summed E-state index contributed by atoms with van der Waals surface area (Å²) in [5.74, 6) is 0. The van der Waals surface area contributed by atoms with Crippen molar-refractivity contribution < 1.29 is 17.0 Å². The predicted octanol–water partition coefficient (Wildman–Crippen LogP) is 3.45. The fourth-order valence-corrected chi connectivity index (χ4v) is 3.77. The molecule has 0 saturated heterocycles. The lowest BCUT2D eigenvalue weighted by atomic mass is 9.90. The van der Waals surface area contributed by atoms with Crippen LogP contribution in [0.3, 0.4) is 0 Å². The summed E-state index contributed by atoms with van der Waals surface area (Å²) in [6, 6.07) is 0. The molecule has 0 amide bonds. The molecular formula is C23H45ClN2. The van der Waals surface area contributed by atoms with E-state index in [9.17, 15) is 0 Å². The Labute approximate surface area is 170 Å². The smallest absolute Gasteiger partial charge is 0.232 e. The lowest BCUT2D eigenvalue weighted by molar-refractivity contribution is -0.595. The molecule has 1 aliphatic heterocycles. The standard InChI is InChI=1S/C23H44N2.ClH/c1-4-6-7-8-9-10-11-12-13-14-15-16-17-18-19-23(3,5-2)25-21-20-24-22-25;/h12-13,22H,4-11,14-21H2,1-3H3;1H/b13-12-;. The summed E-state index contributed by atoms with van der Waals surface area (Å²) in [5, 5.41) is 3.36. The van der Waals surface area contributed by atoms with Crippen LogP contribution in [0.1, 0.15) is 111 Å². The summed E-state index contributed by atoms with van der Waals surface area (Å²) in [6.45, 7) is 9.34. The second-order valence-corrected chi connectivity index (χ2v) is 8.11. The molecular weight excluding hydrogens is 340 g/mol. The van der Waals surface area contributed by atoms with Crippen molar-refractivity contribution in [2.24, 2.45) is 0 Å². The first-order valence-electron chi connectivity index (χ1n) is 11.2. The molecule has 1 atom stereocenters. The topological polar surface area (TPSA) is 15.0 Å². The Morgan fingerprint density at radius 3 is 2.00 bits per heavy atom. The summed E-state index contributed by atoms with van der Waals surface area (Å²) in [6.07, 6.45) is 26.2. The monoisotopic (exact) mass is 384 g/mol. The molecule has 1 aliphatic rings. The number of halogens is 1. The second kappa shape index (κ2) is 16.7. The molecule has 0 aromatic rings. The van der Waals surface area contributed by atoms with E-state index in [1.165, 1.54) is 96.4 Å². The molecule has 3 heteroatoms. The molecule has 0 aromatic heterocycles.